The van der Waals surface area contributed by atoms with Crippen LogP contribution in [0.1, 0.15) is 61.7 Å². The Morgan fingerprint density at radius 1 is 0.738 bits per heavy atom. The van der Waals surface area contributed by atoms with E-state index in [2.05, 4.69) is 5.32 Å². The van der Waals surface area contributed by atoms with Crippen molar-refractivity contribution in [3.05, 3.63) is 95.8 Å². The molecule has 0 saturated heterocycles. The van der Waals surface area contributed by atoms with Gasteiger partial charge in [-0.1, -0.05) is 62.1 Å². The Balaban J connectivity index is 1.18. The second-order valence-electron chi connectivity index (χ2n) is 10.7. The molecule has 0 aromatic heterocycles. The van der Waals surface area contributed by atoms with E-state index in [9.17, 15) is 9.59 Å². The largest absolute Gasteiger partial charge is 0.456 e. The number of nitrogen functional groups attached to an aromatic ring is 2. The monoisotopic (exact) mass is 560 g/mol. The number of unbranched alkanes of at least 4 members (excludes halogenated alkanes) is 5. The van der Waals surface area contributed by atoms with Gasteiger partial charge >= 0.3 is 0 Å². The molecule has 0 saturated carbocycles. The Hall–Kier alpha value is -4.91. The van der Waals surface area contributed by atoms with Gasteiger partial charge in [-0.2, -0.15) is 0 Å². The minimum atomic E-state index is -0.0200. The Labute approximate surface area is 245 Å². The number of fused-ring (bicyclic) bond motifs is 2. The molecular weight excluding hydrogens is 524 g/mol. The van der Waals surface area contributed by atoms with Gasteiger partial charge in [0.05, 0.1) is 16.7 Å². The standard InChI is InChI=1S/C35H36N4O3/c36-23-17-19-27-32(21-23)42-33-22-24(37)18-20-28(33)35(27)26-12-8-7-11-25(26)31(40)15-5-3-1-2-4-6-16-34(41)39-30-14-10-9-13-29(30)38/h7-14,17-22,36H,1-6,15-16,37-38H2,(H,39,41). The van der Waals surface area contributed by atoms with E-state index in [1.165, 1.54) is 0 Å². The molecule has 0 spiro atoms. The predicted molar refractivity (Wildman–Crippen MR) is 169 cm³/mol. The number of carbonyl (C=O) groups is 2. The number of benzene rings is 4. The van der Waals surface area contributed by atoms with Crippen molar-refractivity contribution in [2.75, 3.05) is 16.8 Å². The van der Waals surface area contributed by atoms with E-state index >= 15 is 0 Å². The van der Waals surface area contributed by atoms with Gasteiger partial charge in [0.1, 0.15) is 11.3 Å². The van der Waals surface area contributed by atoms with Crippen LogP contribution >= 0.6 is 0 Å². The second kappa shape index (κ2) is 13.2. The molecule has 1 aliphatic carbocycles. The lowest BCUT2D eigenvalue weighted by molar-refractivity contribution is -0.116. The van der Waals surface area contributed by atoms with Crippen molar-refractivity contribution in [1.82, 2.24) is 0 Å². The number of hydrogen-bond acceptors (Lipinski definition) is 6. The molecule has 7 nitrogen and oxygen atoms in total. The summed E-state index contributed by atoms with van der Waals surface area (Å²) in [7, 11) is 0. The van der Waals surface area contributed by atoms with E-state index < -0.39 is 0 Å². The van der Waals surface area contributed by atoms with Crippen LogP contribution in [0.25, 0.3) is 33.4 Å². The van der Waals surface area contributed by atoms with Gasteiger partial charge in [-0.15, -0.1) is 0 Å². The zero-order valence-electron chi connectivity index (χ0n) is 23.6. The van der Waals surface area contributed by atoms with Crippen molar-refractivity contribution < 1.29 is 14.0 Å². The van der Waals surface area contributed by atoms with Gasteiger partial charge in [-0.3, -0.25) is 9.59 Å². The molecular formula is C35H36N4O3. The quantitative estimate of drug-likeness (QED) is 0.0534. The normalized spacial score (nSPS) is 11.1. The Bertz CT molecular complexity index is 1760. The summed E-state index contributed by atoms with van der Waals surface area (Å²) >= 11 is 0. The molecule has 3 aromatic rings. The molecule has 1 aliphatic heterocycles. The highest BCUT2D eigenvalue weighted by molar-refractivity contribution is 6.10. The fraction of sp³-hybridized carbons (Fsp3) is 0.229. The predicted octanol–water partition coefficient (Wildman–Crippen LogP) is 7.79. The maximum absolute atomic E-state index is 13.5. The Morgan fingerprint density at radius 3 is 2.26 bits per heavy atom. The molecule has 7 heteroatoms. The third-order valence-corrected chi connectivity index (χ3v) is 7.54. The van der Waals surface area contributed by atoms with Crippen LogP contribution in [0.5, 0.6) is 0 Å². The number of nitrogens with one attached hydrogen (secondary N) is 2. The summed E-state index contributed by atoms with van der Waals surface area (Å²) in [6.07, 6.45) is 6.55. The highest BCUT2D eigenvalue weighted by Crippen LogP contribution is 2.41. The van der Waals surface area contributed by atoms with Crippen molar-refractivity contribution in [2.24, 2.45) is 0 Å². The number of rotatable bonds is 12. The molecule has 214 valence electrons. The zero-order chi connectivity index (χ0) is 29.5. The van der Waals surface area contributed by atoms with Gasteiger partial charge in [0, 0.05) is 52.7 Å². The highest BCUT2D eigenvalue weighted by Gasteiger charge is 2.21. The van der Waals surface area contributed by atoms with Gasteiger partial charge in [0.2, 0.25) is 5.91 Å². The molecule has 42 heavy (non-hydrogen) atoms. The molecule has 0 fully saturated rings. The van der Waals surface area contributed by atoms with Gasteiger partial charge in [0.15, 0.2) is 5.78 Å². The minimum absolute atomic E-state index is 0.0200. The van der Waals surface area contributed by atoms with Gasteiger partial charge < -0.3 is 26.6 Å². The number of para-hydroxylation sites is 2. The molecule has 0 unspecified atom stereocenters. The molecule has 0 radical (unpaired) electrons. The summed E-state index contributed by atoms with van der Waals surface area (Å²) in [5, 5.41) is 12.2. The first-order valence-electron chi connectivity index (χ1n) is 14.5. The van der Waals surface area contributed by atoms with Gasteiger partial charge in [-0.25, -0.2) is 0 Å². The van der Waals surface area contributed by atoms with Crippen molar-refractivity contribution in [2.45, 2.75) is 51.4 Å². The summed E-state index contributed by atoms with van der Waals surface area (Å²) in [6.45, 7) is 0. The first kappa shape index (κ1) is 28.6. The summed E-state index contributed by atoms with van der Waals surface area (Å²) in [6, 6.07) is 25.8. The van der Waals surface area contributed by atoms with Crippen LogP contribution in [-0.4, -0.2) is 11.7 Å². The summed E-state index contributed by atoms with van der Waals surface area (Å²) in [5.74, 6) is 0.671. The number of Topliss-reactive ketones (excluding diaryl/α,β-unsaturated/α-hetero) is 1. The van der Waals surface area contributed by atoms with E-state index in [1.807, 2.05) is 54.6 Å². The average molecular weight is 561 g/mol. The molecule has 6 N–H and O–H groups in total. The summed E-state index contributed by atoms with van der Waals surface area (Å²) in [5.41, 5.74) is 17.7. The fourth-order valence-electron chi connectivity index (χ4n) is 5.38. The number of carbonyl (C=O) groups excluding carboxylic acids is 2. The van der Waals surface area contributed by atoms with Crippen molar-refractivity contribution in [1.29, 1.82) is 5.41 Å². The average Bonchev–Trinajstić information content (AvgIpc) is 2.98. The van der Waals surface area contributed by atoms with Crippen molar-refractivity contribution in [3.63, 3.8) is 0 Å². The minimum Gasteiger partial charge on any atom is -0.456 e. The maximum Gasteiger partial charge on any atom is 0.224 e. The number of amides is 1. The summed E-state index contributed by atoms with van der Waals surface area (Å²) in [4.78, 5) is 25.7. The van der Waals surface area contributed by atoms with Gasteiger partial charge in [-0.05, 0) is 54.8 Å². The maximum atomic E-state index is 13.5. The fourth-order valence-corrected chi connectivity index (χ4v) is 5.38. The van der Waals surface area contributed by atoms with Gasteiger partial charge in [0.25, 0.3) is 0 Å². The topological polar surface area (TPSA) is 135 Å². The molecule has 1 heterocycles. The first-order valence-corrected chi connectivity index (χ1v) is 14.5. The van der Waals surface area contributed by atoms with Crippen LogP contribution in [0.2, 0.25) is 0 Å². The SMILES string of the molecule is N=c1ccc2c(-c3ccccc3C(=O)CCCCCCCCC(=O)Nc3ccccc3N)c3ccc(N)cc3oc-2c1. The molecule has 5 rings (SSSR count). The molecule has 2 aliphatic rings. The first-order chi connectivity index (χ1) is 20.4. The molecule has 0 atom stereocenters. The zero-order valence-corrected chi connectivity index (χ0v) is 23.6. The van der Waals surface area contributed by atoms with Crippen LogP contribution in [0.15, 0.2) is 89.3 Å². The second-order valence-corrected chi connectivity index (χ2v) is 10.7. The van der Waals surface area contributed by atoms with Crippen LogP contribution in [0, 0.1) is 5.41 Å². The molecule has 0 bridgehead atoms. The van der Waals surface area contributed by atoms with Crippen molar-refractivity contribution >= 4 is 39.7 Å². The van der Waals surface area contributed by atoms with Crippen LogP contribution in [0.4, 0.5) is 17.1 Å². The smallest absolute Gasteiger partial charge is 0.224 e. The number of ketones is 1. The van der Waals surface area contributed by atoms with Crippen molar-refractivity contribution in [3.8, 4) is 22.5 Å². The highest BCUT2D eigenvalue weighted by atomic mass is 16.3. The van der Waals surface area contributed by atoms with E-state index in [0.717, 1.165) is 60.6 Å². The molecule has 3 aromatic carbocycles. The third-order valence-electron chi connectivity index (χ3n) is 7.54. The van der Waals surface area contributed by atoms with E-state index in [-0.39, 0.29) is 11.7 Å². The lowest BCUT2D eigenvalue weighted by Crippen LogP contribution is -2.12. The van der Waals surface area contributed by atoms with Crippen LogP contribution < -0.4 is 22.1 Å². The van der Waals surface area contributed by atoms with E-state index in [1.54, 1.807) is 30.3 Å². The van der Waals surface area contributed by atoms with Crippen LogP contribution in [-0.2, 0) is 4.79 Å². The lowest BCUT2D eigenvalue weighted by atomic mass is 9.88. The number of hydrogen-bond donors (Lipinski definition) is 4. The van der Waals surface area contributed by atoms with E-state index in [4.69, 9.17) is 21.3 Å². The summed E-state index contributed by atoms with van der Waals surface area (Å²) < 4.78 is 6.12. The van der Waals surface area contributed by atoms with Crippen LogP contribution in [0.3, 0.4) is 0 Å². The number of anilines is 3. The van der Waals surface area contributed by atoms with E-state index in [0.29, 0.717) is 52.2 Å². The Kier molecular flexibility index (Phi) is 8.97. The molecule has 1 amide bonds. The lowest BCUT2D eigenvalue weighted by Gasteiger charge is -2.17. The third kappa shape index (κ3) is 6.69. The number of nitrogens with two attached hydrogens (primary N) is 2. The Morgan fingerprint density at radius 2 is 1.45 bits per heavy atom.